The number of ether oxygens (including phenoxy) is 1. The van der Waals surface area contributed by atoms with E-state index in [2.05, 4.69) is 10.4 Å². The van der Waals surface area contributed by atoms with Gasteiger partial charge in [-0.25, -0.2) is 0 Å². The fourth-order valence-electron chi connectivity index (χ4n) is 2.20. The topological polar surface area (TPSA) is 59.4 Å². The van der Waals surface area contributed by atoms with Gasteiger partial charge in [-0.3, -0.25) is 9.48 Å². The van der Waals surface area contributed by atoms with Crippen LogP contribution in [0.1, 0.15) is 12.0 Å². The highest BCUT2D eigenvalue weighted by atomic mass is 16.5. The number of nitrogens with zero attached hydrogens (tertiary/aromatic N) is 3. The van der Waals surface area contributed by atoms with Crippen LogP contribution >= 0.6 is 0 Å². The summed E-state index contributed by atoms with van der Waals surface area (Å²) in [6.07, 6.45) is 5.44. The number of carbonyl (C=O) groups is 1. The van der Waals surface area contributed by atoms with Crippen molar-refractivity contribution in [3.8, 4) is 0 Å². The fourth-order valence-corrected chi connectivity index (χ4v) is 2.20. The molecule has 1 N–H and O–H groups in total. The molecule has 19 heavy (non-hydrogen) atoms. The molecule has 2 rings (SSSR count). The molecule has 1 amide bonds. The first-order valence-corrected chi connectivity index (χ1v) is 6.71. The molecule has 0 bridgehead atoms. The van der Waals surface area contributed by atoms with E-state index in [1.54, 1.807) is 9.58 Å². The van der Waals surface area contributed by atoms with Crippen molar-refractivity contribution >= 4 is 5.91 Å². The van der Waals surface area contributed by atoms with Gasteiger partial charge in [0.15, 0.2) is 0 Å². The van der Waals surface area contributed by atoms with Gasteiger partial charge in [-0.05, 0) is 18.4 Å². The molecule has 1 aliphatic heterocycles. The number of morpholine rings is 1. The predicted molar refractivity (Wildman–Crippen MR) is 71.8 cm³/mol. The Labute approximate surface area is 113 Å². The third-order valence-corrected chi connectivity index (χ3v) is 3.30. The lowest BCUT2D eigenvalue weighted by atomic mass is 10.2. The molecule has 1 fully saturated rings. The van der Waals surface area contributed by atoms with Crippen LogP contribution in [0.5, 0.6) is 0 Å². The van der Waals surface area contributed by atoms with E-state index in [9.17, 15) is 4.79 Å². The van der Waals surface area contributed by atoms with Crippen molar-refractivity contribution in [3.63, 3.8) is 0 Å². The molecule has 1 aliphatic rings. The van der Waals surface area contributed by atoms with Gasteiger partial charge in [0.25, 0.3) is 5.91 Å². The average Bonchev–Trinajstić information content (AvgIpc) is 2.84. The van der Waals surface area contributed by atoms with E-state index in [-0.39, 0.29) is 12.0 Å². The van der Waals surface area contributed by atoms with Crippen molar-refractivity contribution in [2.45, 2.75) is 18.9 Å². The Morgan fingerprint density at radius 2 is 2.53 bits per heavy atom. The smallest absolute Gasteiger partial charge is 0.252 e. The highest BCUT2D eigenvalue weighted by Gasteiger charge is 2.24. The summed E-state index contributed by atoms with van der Waals surface area (Å²) in [5, 5.41) is 7.30. The molecule has 0 radical (unpaired) electrons. The van der Waals surface area contributed by atoms with Crippen molar-refractivity contribution < 1.29 is 9.53 Å². The van der Waals surface area contributed by atoms with Gasteiger partial charge in [0.2, 0.25) is 0 Å². The molecule has 6 nitrogen and oxygen atoms in total. The van der Waals surface area contributed by atoms with Gasteiger partial charge in [-0.1, -0.05) is 0 Å². The van der Waals surface area contributed by atoms with Crippen LogP contribution < -0.4 is 5.32 Å². The van der Waals surface area contributed by atoms with E-state index in [4.69, 9.17) is 4.74 Å². The fraction of sp³-hybridized carbons (Fsp3) is 0.692. The van der Waals surface area contributed by atoms with Crippen LogP contribution in [0.3, 0.4) is 0 Å². The van der Waals surface area contributed by atoms with E-state index in [1.807, 2.05) is 26.5 Å². The maximum Gasteiger partial charge on any atom is 0.252 e. The lowest BCUT2D eigenvalue weighted by Gasteiger charge is -2.27. The van der Waals surface area contributed by atoms with Gasteiger partial charge in [0.05, 0.1) is 12.8 Å². The molecule has 0 unspecified atom stereocenters. The SMILES string of the molecule is CN(CCCc1cnn(C)c1)C(=O)[C@@H]1CNCCO1. The summed E-state index contributed by atoms with van der Waals surface area (Å²) in [5.74, 6) is 0.0680. The van der Waals surface area contributed by atoms with Crippen molar-refractivity contribution in [1.29, 1.82) is 0 Å². The Morgan fingerprint density at radius 3 is 3.16 bits per heavy atom. The largest absolute Gasteiger partial charge is 0.366 e. The molecule has 1 atom stereocenters. The summed E-state index contributed by atoms with van der Waals surface area (Å²) in [6, 6.07) is 0. The quantitative estimate of drug-likeness (QED) is 0.802. The third kappa shape index (κ3) is 4.04. The summed E-state index contributed by atoms with van der Waals surface area (Å²) < 4.78 is 7.26. The van der Waals surface area contributed by atoms with Crippen LogP contribution in [0.2, 0.25) is 0 Å². The van der Waals surface area contributed by atoms with Crippen LogP contribution in [0.25, 0.3) is 0 Å². The maximum atomic E-state index is 12.1. The van der Waals surface area contributed by atoms with Gasteiger partial charge < -0.3 is 15.0 Å². The molecule has 2 heterocycles. The molecule has 0 saturated carbocycles. The lowest BCUT2D eigenvalue weighted by molar-refractivity contribution is -0.143. The molecule has 0 aliphatic carbocycles. The highest BCUT2D eigenvalue weighted by Crippen LogP contribution is 2.05. The zero-order chi connectivity index (χ0) is 13.7. The Hall–Kier alpha value is -1.40. The second kappa shape index (κ2) is 6.68. The normalized spacial score (nSPS) is 19.4. The minimum Gasteiger partial charge on any atom is -0.366 e. The molecule has 1 saturated heterocycles. The first-order valence-electron chi connectivity index (χ1n) is 6.71. The Kier molecular flexibility index (Phi) is 4.93. The minimum atomic E-state index is -0.322. The zero-order valence-corrected chi connectivity index (χ0v) is 11.6. The first-order chi connectivity index (χ1) is 9.16. The number of carbonyl (C=O) groups excluding carboxylic acids is 1. The zero-order valence-electron chi connectivity index (χ0n) is 11.6. The van der Waals surface area contributed by atoms with E-state index >= 15 is 0 Å². The highest BCUT2D eigenvalue weighted by molar-refractivity contribution is 5.81. The van der Waals surface area contributed by atoms with E-state index in [1.165, 1.54) is 5.56 Å². The van der Waals surface area contributed by atoms with Crippen LogP contribution in [-0.2, 0) is 23.0 Å². The standard InChI is InChI=1S/C13H22N4O2/c1-16(13(18)12-9-14-5-7-19-12)6-3-4-11-8-15-17(2)10-11/h8,10,12,14H,3-7,9H2,1-2H3/t12-/m0/s1. The molecule has 1 aromatic rings. The summed E-state index contributed by atoms with van der Waals surface area (Å²) in [7, 11) is 3.75. The molecule has 0 aromatic carbocycles. The Morgan fingerprint density at radius 1 is 1.68 bits per heavy atom. The first kappa shape index (κ1) is 14.0. The predicted octanol–water partition coefficient (Wildman–Crippen LogP) is -0.200. The third-order valence-electron chi connectivity index (χ3n) is 3.30. The molecule has 106 valence electrons. The van der Waals surface area contributed by atoms with Crippen molar-refractivity contribution in [3.05, 3.63) is 18.0 Å². The Bertz CT molecular complexity index is 413. The van der Waals surface area contributed by atoms with Crippen molar-refractivity contribution in [2.24, 2.45) is 7.05 Å². The summed E-state index contributed by atoms with van der Waals surface area (Å²) in [5.41, 5.74) is 1.21. The number of aromatic nitrogens is 2. The summed E-state index contributed by atoms with van der Waals surface area (Å²) in [4.78, 5) is 13.8. The van der Waals surface area contributed by atoms with E-state index in [0.717, 1.165) is 25.9 Å². The minimum absolute atomic E-state index is 0.0680. The molecular weight excluding hydrogens is 244 g/mol. The monoisotopic (exact) mass is 266 g/mol. The van der Waals surface area contributed by atoms with E-state index < -0.39 is 0 Å². The van der Waals surface area contributed by atoms with Crippen LogP contribution in [0, 0.1) is 0 Å². The number of hydrogen-bond donors (Lipinski definition) is 1. The van der Waals surface area contributed by atoms with Gasteiger partial charge in [-0.2, -0.15) is 5.10 Å². The van der Waals surface area contributed by atoms with Crippen LogP contribution in [0.4, 0.5) is 0 Å². The number of hydrogen-bond acceptors (Lipinski definition) is 4. The second-order valence-electron chi connectivity index (χ2n) is 4.95. The van der Waals surface area contributed by atoms with Crippen LogP contribution in [0.15, 0.2) is 12.4 Å². The second-order valence-corrected chi connectivity index (χ2v) is 4.95. The Balaban J connectivity index is 1.71. The number of rotatable bonds is 5. The number of amides is 1. The van der Waals surface area contributed by atoms with Crippen molar-refractivity contribution in [2.75, 3.05) is 33.3 Å². The average molecular weight is 266 g/mol. The van der Waals surface area contributed by atoms with Crippen LogP contribution in [-0.4, -0.2) is 60.0 Å². The maximum absolute atomic E-state index is 12.1. The molecule has 1 aromatic heterocycles. The number of nitrogens with one attached hydrogen (secondary N) is 1. The number of likely N-dealkylation sites (N-methyl/N-ethyl adjacent to an activating group) is 1. The molecule has 0 spiro atoms. The molecule has 6 heteroatoms. The summed E-state index contributed by atoms with van der Waals surface area (Å²) >= 11 is 0. The lowest BCUT2D eigenvalue weighted by Crippen LogP contribution is -2.48. The van der Waals surface area contributed by atoms with Crippen molar-refractivity contribution in [1.82, 2.24) is 20.0 Å². The molecular formula is C13H22N4O2. The van der Waals surface area contributed by atoms with Gasteiger partial charge in [-0.15, -0.1) is 0 Å². The van der Waals surface area contributed by atoms with Gasteiger partial charge in [0.1, 0.15) is 6.10 Å². The van der Waals surface area contributed by atoms with Gasteiger partial charge in [0, 0.05) is 39.9 Å². The number of aryl methyl sites for hydroxylation is 2. The van der Waals surface area contributed by atoms with Gasteiger partial charge >= 0.3 is 0 Å². The summed E-state index contributed by atoms with van der Waals surface area (Å²) in [6.45, 7) is 2.80. The van der Waals surface area contributed by atoms with E-state index in [0.29, 0.717) is 13.2 Å².